The van der Waals surface area contributed by atoms with Crippen molar-refractivity contribution in [3.8, 4) is 34.0 Å². The standard InChI is InChI=1S/C17H15BrN2O2/c1-21-13-7-3-11(4-8-13)15-16(20-17(18)19-15)12-5-9-14(22-2)10-6-12/h3-10H,1-2H3,(H,19,20). The third-order valence-electron chi connectivity index (χ3n) is 3.42. The van der Waals surface area contributed by atoms with Gasteiger partial charge >= 0.3 is 0 Å². The number of H-pyrrole nitrogens is 1. The van der Waals surface area contributed by atoms with E-state index in [4.69, 9.17) is 9.47 Å². The molecular formula is C17H15BrN2O2. The Hall–Kier alpha value is -2.27. The highest BCUT2D eigenvalue weighted by atomic mass is 79.9. The third kappa shape index (κ3) is 2.85. The zero-order valence-corrected chi connectivity index (χ0v) is 13.8. The lowest BCUT2D eigenvalue weighted by Gasteiger charge is -2.06. The summed E-state index contributed by atoms with van der Waals surface area (Å²) in [6, 6.07) is 15.7. The normalized spacial score (nSPS) is 10.5. The second-order valence-electron chi connectivity index (χ2n) is 4.71. The second kappa shape index (κ2) is 6.23. The first-order valence-electron chi connectivity index (χ1n) is 6.75. The molecular weight excluding hydrogens is 344 g/mol. The molecule has 1 N–H and O–H groups in total. The van der Waals surface area contributed by atoms with Crippen molar-refractivity contribution >= 4 is 15.9 Å². The smallest absolute Gasteiger partial charge is 0.175 e. The fraction of sp³-hybridized carbons (Fsp3) is 0.118. The number of nitrogens with zero attached hydrogens (tertiary/aromatic N) is 1. The van der Waals surface area contributed by atoms with Gasteiger partial charge in [-0.2, -0.15) is 0 Å². The molecule has 1 heterocycles. The molecule has 112 valence electrons. The van der Waals surface area contributed by atoms with Crippen molar-refractivity contribution in [1.82, 2.24) is 9.97 Å². The van der Waals surface area contributed by atoms with Crippen molar-refractivity contribution in [1.29, 1.82) is 0 Å². The minimum atomic E-state index is 0.698. The molecule has 0 atom stereocenters. The van der Waals surface area contributed by atoms with Gasteiger partial charge in [-0.1, -0.05) is 0 Å². The molecule has 3 rings (SSSR count). The lowest BCUT2D eigenvalue weighted by atomic mass is 10.0. The Bertz CT molecular complexity index is 699. The molecule has 0 saturated heterocycles. The van der Waals surface area contributed by atoms with Crippen molar-refractivity contribution in [3.05, 3.63) is 53.3 Å². The molecule has 2 aromatic carbocycles. The van der Waals surface area contributed by atoms with Gasteiger partial charge in [0.2, 0.25) is 0 Å². The summed E-state index contributed by atoms with van der Waals surface area (Å²) >= 11 is 3.42. The Kier molecular flexibility index (Phi) is 4.15. The number of halogens is 1. The van der Waals surface area contributed by atoms with Crippen LogP contribution in [0.1, 0.15) is 0 Å². The Balaban J connectivity index is 2.04. The SMILES string of the molecule is COc1ccc(-c2nc(Br)[nH]c2-c2ccc(OC)cc2)cc1. The summed E-state index contributed by atoms with van der Waals surface area (Å²) < 4.78 is 11.1. The maximum atomic E-state index is 5.20. The van der Waals surface area contributed by atoms with E-state index in [1.165, 1.54) is 0 Å². The van der Waals surface area contributed by atoms with Gasteiger partial charge in [0.25, 0.3) is 0 Å². The van der Waals surface area contributed by atoms with E-state index >= 15 is 0 Å². The molecule has 0 bridgehead atoms. The molecule has 5 heteroatoms. The maximum Gasteiger partial charge on any atom is 0.175 e. The average Bonchev–Trinajstić information content (AvgIpc) is 2.97. The summed E-state index contributed by atoms with van der Waals surface area (Å²) in [6.45, 7) is 0. The molecule has 0 aliphatic rings. The van der Waals surface area contributed by atoms with Crippen molar-refractivity contribution < 1.29 is 9.47 Å². The van der Waals surface area contributed by atoms with Gasteiger partial charge in [0.05, 0.1) is 25.6 Å². The summed E-state index contributed by atoms with van der Waals surface area (Å²) in [5.41, 5.74) is 3.91. The first-order valence-corrected chi connectivity index (χ1v) is 7.55. The summed E-state index contributed by atoms with van der Waals surface area (Å²) in [7, 11) is 3.31. The lowest BCUT2D eigenvalue weighted by molar-refractivity contribution is 0.414. The van der Waals surface area contributed by atoms with Crippen LogP contribution in [-0.2, 0) is 0 Å². The van der Waals surface area contributed by atoms with E-state index in [1.54, 1.807) is 14.2 Å². The van der Waals surface area contributed by atoms with Crippen LogP contribution < -0.4 is 9.47 Å². The predicted molar refractivity (Wildman–Crippen MR) is 90.3 cm³/mol. The second-order valence-corrected chi connectivity index (χ2v) is 5.46. The quantitative estimate of drug-likeness (QED) is 0.745. The van der Waals surface area contributed by atoms with E-state index in [2.05, 4.69) is 25.9 Å². The first-order chi connectivity index (χ1) is 10.7. The molecule has 22 heavy (non-hydrogen) atoms. The summed E-state index contributed by atoms with van der Waals surface area (Å²) in [5.74, 6) is 1.65. The summed E-state index contributed by atoms with van der Waals surface area (Å²) in [5, 5.41) is 0. The topological polar surface area (TPSA) is 47.1 Å². The number of aromatic nitrogens is 2. The van der Waals surface area contributed by atoms with Crippen molar-refractivity contribution in [2.75, 3.05) is 14.2 Å². The van der Waals surface area contributed by atoms with Crippen LogP contribution in [0, 0.1) is 0 Å². The zero-order valence-electron chi connectivity index (χ0n) is 12.3. The molecule has 0 fully saturated rings. The first kappa shape index (κ1) is 14.7. The number of methoxy groups -OCH3 is 2. The number of aromatic amines is 1. The van der Waals surface area contributed by atoms with E-state index in [9.17, 15) is 0 Å². The van der Waals surface area contributed by atoms with Gasteiger partial charge in [-0.15, -0.1) is 0 Å². The largest absolute Gasteiger partial charge is 0.497 e. The van der Waals surface area contributed by atoms with Crippen LogP contribution in [0.15, 0.2) is 53.3 Å². The third-order valence-corrected chi connectivity index (χ3v) is 3.79. The summed E-state index contributed by atoms with van der Waals surface area (Å²) in [6.07, 6.45) is 0. The molecule has 0 radical (unpaired) electrons. The number of nitrogens with one attached hydrogen (secondary N) is 1. The highest BCUT2D eigenvalue weighted by molar-refractivity contribution is 9.10. The molecule has 0 aliphatic heterocycles. The Morgan fingerprint density at radius 1 is 0.818 bits per heavy atom. The Labute approximate surface area is 137 Å². The van der Waals surface area contributed by atoms with Gasteiger partial charge in [-0.25, -0.2) is 4.98 Å². The van der Waals surface area contributed by atoms with Crippen LogP contribution in [0.5, 0.6) is 11.5 Å². The van der Waals surface area contributed by atoms with E-state index in [1.807, 2.05) is 48.5 Å². The lowest BCUT2D eigenvalue weighted by Crippen LogP contribution is -1.87. The Morgan fingerprint density at radius 3 is 1.82 bits per heavy atom. The van der Waals surface area contributed by atoms with Gasteiger partial charge in [0, 0.05) is 11.1 Å². The molecule has 1 aromatic heterocycles. The number of hydrogen-bond acceptors (Lipinski definition) is 3. The predicted octanol–water partition coefficient (Wildman–Crippen LogP) is 4.52. The number of hydrogen-bond donors (Lipinski definition) is 1. The number of ether oxygens (including phenoxy) is 2. The van der Waals surface area contributed by atoms with Crippen molar-refractivity contribution in [3.63, 3.8) is 0 Å². The fourth-order valence-electron chi connectivity index (χ4n) is 2.27. The zero-order chi connectivity index (χ0) is 15.5. The molecule has 4 nitrogen and oxygen atoms in total. The van der Waals surface area contributed by atoms with E-state index < -0.39 is 0 Å². The molecule has 0 amide bonds. The number of benzene rings is 2. The van der Waals surface area contributed by atoms with E-state index in [0.717, 1.165) is 34.0 Å². The fourth-order valence-corrected chi connectivity index (χ4v) is 2.64. The molecule has 0 aliphatic carbocycles. The maximum absolute atomic E-state index is 5.20. The van der Waals surface area contributed by atoms with Crippen LogP contribution >= 0.6 is 15.9 Å². The highest BCUT2D eigenvalue weighted by Crippen LogP contribution is 2.33. The highest BCUT2D eigenvalue weighted by Gasteiger charge is 2.13. The minimum Gasteiger partial charge on any atom is -0.497 e. The van der Waals surface area contributed by atoms with Gasteiger partial charge in [0.1, 0.15) is 11.5 Å². The monoisotopic (exact) mass is 358 g/mol. The van der Waals surface area contributed by atoms with Gasteiger partial charge in [0.15, 0.2) is 4.73 Å². The van der Waals surface area contributed by atoms with E-state index in [0.29, 0.717) is 4.73 Å². The minimum absolute atomic E-state index is 0.698. The number of rotatable bonds is 4. The summed E-state index contributed by atoms with van der Waals surface area (Å²) in [4.78, 5) is 7.80. The number of imidazole rings is 1. The van der Waals surface area contributed by atoms with Crippen LogP contribution in [0.4, 0.5) is 0 Å². The van der Waals surface area contributed by atoms with E-state index in [-0.39, 0.29) is 0 Å². The van der Waals surface area contributed by atoms with Crippen LogP contribution in [0.25, 0.3) is 22.5 Å². The molecule has 0 unspecified atom stereocenters. The molecule has 0 saturated carbocycles. The molecule has 0 spiro atoms. The van der Waals surface area contributed by atoms with Gasteiger partial charge in [-0.05, 0) is 64.5 Å². The molecule has 3 aromatic rings. The van der Waals surface area contributed by atoms with Crippen molar-refractivity contribution in [2.45, 2.75) is 0 Å². The van der Waals surface area contributed by atoms with Gasteiger partial charge in [-0.3, -0.25) is 0 Å². The van der Waals surface area contributed by atoms with Crippen LogP contribution in [-0.4, -0.2) is 24.2 Å². The average molecular weight is 359 g/mol. The Morgan fingerprint density at radius 2 is 1.32 bits per heavy atom. The van der Waals surface area contributed by atoms with Crippen molar-refractivity contribution in [2.24, 2.45) is 0 Å². The van der Waals surface area contributed by atoms with Crippen LogP contribution in [0.2, 0.25) is 0 Å². The van der Waals surface area contributed by atoms with Gasteiger partial charge < -0.3 is 14.5 Å². The van der Waals surface area contributed by atoms with Crippen LogP contribution in [0.3, 0.4) is 0 Å².